The Morgan fingerprint density at radius 1 is 0.929 bits per heavy atom. The molecule has 1 fully saturated rings. The average Bonchev–Trinajstić information content (AvgIpc) is 2.29. The SMILES string of the molecule is c1ccc(OC[C]2CCCCC2)cc1. The lowest BCUT2D eigenvalue weighted by atomic mass is 9.90. The molecule has 0 heterocycles. The van der Waals surface area contributed by atoms with E-state index in [9.17, 15) is 0 Å². The van der Waals surface area contributed by atoms with E-state index in [4.69, 9.17) is 4.74 Å². The molecular formula is C13H17O. The largest absolute Gasteiger partial charge is 0.493 e. The third-order valence-corrected chi connectivity index (χ3v) is 2.75. The van der Waals surface area contributed by atoms with Crippen molar-refractivity contribution >= 4 is 0 Å². The molecule has 1 radical (unpaired) electrons. The van der Waals surface area contributed by atoms with Crippen LogP contribution in [0.4, 0.5) is 0 Å². The fourth-order valence-corrected chi connectivity index (χ4v) is 1.90. The van der Waals surface area contributed by atoms with Gasteiger partial charge in [0.15, 0.2) is 0 Å². The normalized spacial score (nSPS) is 18.0. The van der Waals surface area contributed by atoms with Crippen LogP contribution in [0.3, 0.4) is 0 Å². The first-order chi connectivity index (χ1) is 6.95. The Morgan fingerprint density at radius 3 is 2.36 bits per heavy atom. The predicted octanol–water partition coefficient (Wildman–Crippen LogP) is 3.60. The summed E-state index contributed by atoms with van der Waals surface area (Å²) < 4.78 is 5.71. The van der Waals surface area contributed by atoms with E-state index in [-0.39, 0.29) is 0 Å². The first-order valence-corrected chi connectivity index (χ1v) is 5.46. The molecule has 0 saturated heterocycles. The van der Waals surface area contributed by atoms with E-state index in [2.05, 4.69) is 0 Å². The molecule has 0 N–H and O–H groups in total. The van der Waals surface area contributed by atoms with Crippen molar-refractivity contribution in [1.29, 1.82) is 0 Å². The van der Waals surface area contributed by atoms with E-state index in [0.717, 1.165) is 12.4 Å². The van der Waals surface area contributed by atoms with Crippen molar-refractivity contribution in [3.05, 3.63) is 36.2 Å². The van der Waals surface area contributed by atoms with Gasteiger partial charge in [-0.2, -0.15) is 0 Å². The molecule has 1 aliphatic rings. The topological polar surface area (TPSA) is 9.23 Å². The van der Waals surface area contributed by atoms with Gasteiger partial charge < -0.3 is 4.74 Å². The second-order valence-electron chi connectivity index (χ2n) is 3.91. The van der Waals surface area contributed by atoms with E-state index in [1.54, 1.807) is 5.92 Å². The van der Waals surface area contributed by atoms with Crippen LogP contribution < -0.4 is 4.74 Å². The molecule has 0 atom stereocenters. The summed E-state index contributed by atoms with van der Waals surface area (Å²) in [6.45, 7) is 0.823. The highest BCUT2D eigenvalue weighted by Gasteiger charge is 2.14. The van der Waals surface area contributed by atoms with Crippen molar-refractivity contribution in [2.45, 2.75) is 32.1 Å². The van der Waals surface area contributed by atoms with Gasteiger partial charge >= 0.3 is 0 Å². The van der Waals surface area contributed by atoms with Gasteiger partial charge in [0.05, 0.1) is 6.61 Å². The Labute approximate surface area is 86.1 Å². The molecule has 0 spiro atoms. The quantitative estimate of drug-likeness (QED) is 0.706. The zero-order valence-corrected chi connectivity index (χ0v) is 8.54. The summed E-state index contributed by atoms with van der Waals surface area (Å²) in [6.07, 6.45) is 6.65. The van der Waals surface area contributed by atoms with E-state index < -0.39 is 0 Å². The average molecular weight is 189 g/mol. The van der Waals surface area contributed by atoms with E-state index in [0.29, 0.717) is 0 Å². The fourth-order valence-electron chi connectivity index (χ4n) is 1.90. The third kappa shape index (κ3) is 2.76. The van der Waals surface area contributed by atoms with Crippen LogP contribution in [-0.2, 0) is 0 Å². The standard InChI is InChI=1S/C13H17O/c1-3-7-12(8-4-1)11-14-13-9-5-2-6-10-13/h2,5-6,9-10H,1,3-4,7-8,11H2. The fraction of sp³-hybridized carbons (Fsp3) is 0.462. The van der Waals surface area contributed by atoms with Crippen LogP contribution in [0.25, 0.3) is 0 Å². The minimum absolute atomic E-state index is 0.823. The lowest BCUT2D eigenvalue weighted by Gasteiger charge is -2.20. The molecule has 75 valence electrons. The molecule has 1 nitrogen and oxygen atoms in total. The highest BCUT2D eigenvalue weighted by atomic mass is 16.5. The summed E-state index contributed by atoms with van der Waals surface area (Å²) in [5, 5.41) is 0. The van der Waals surface area contributed by atoms with E-state index in [1.807, 2.05) is 30.3 Å². The number of benzene rings is 1. The number of ether oxygens (including phenoxy) is 1. The van der Waals surface area contributed by atoms with Gasteiger partial charge in [-0.15, -0.1) is 0 Å². The smallest absolute Gasteiger partial charge is 0.119 e. The molecule has 14 heavy (non-hydrogen) atoms. The minimum atomic E-state index is 0.823. The van der Waals surface area contributed by atoms with Crippen LogP contribution >= 0.6 is 0 Å². The van der Waals surface area contributed by atoms with Gasteiger partial charge in [-0.1, -0.05) is 37.5 Å². The Bertz CT molecular complexity index is 249. The van der Waals surface area contributed by atoms with Gasteiger partial charge in [0.1, 0.15) is 5.75 Å². The van der Waals surface area contributed by atoms with Gasteiger partial charge in [-0.25, -0.2) is 0 Å². The first kappa shape index (κ1) is 9.57. The van der Waals surface area contributed by atoms with Crippen LogP contribution in [0, 0.1) is 5.92 Å². The van der Waals surface area contributed by atoms with Crippen molar-refractivity contribution in [3.8, 4) is 5.75 Å². The molecular weight excluding hydrogens is 172 g/mol. The van der Waals surface area contributed by atoms with Crippen molar-refractivity contribution < 1.29 is 4.74 Å². The molecule has 0 amide bonds. The van der Waals surface area contributed by atoms with Crippen LogP contribution in [0.15, 0.2) is 30.3 Å². The van der Waals surface area contributed by atoms with Crippen LogP contribution in [0.5, 0.6) is 5.75 Å². The molecule has 0 aliphatic heterocycles. The summed E-state index contributed by atoms with van der Waals surface area (Å²) in [6, 6.07) is 10.1. The number of rotatable bonds is 3. The molecule has 1 aromatic rings. The number of para-hydroxylation sites is 1. The zero-order chi connectivity index (χ0) is 9.64. The van der Waals surface area contributed by atoms with Gasteiger partial charge in [0, 0.05) is 5.92 Å². The van der Waals surface area contributed by atoms with E-state index >= 15 is 0 Å². The highest BCUT2D eigenvalue weighted by molar-refractivity contribution is 5.21. The predicted molar refractivity (Wildman–Crippen MR) is 58.3 cm³/mol. The maximum Gasteiger partial charge on any atom is 0.119 e. The van der Waals surface area contributed by atoms with E-state index in [1.165, 1.54) is 32.1 Å². The van der Waals surface area contributed by atoms with Crippen molar-refractivity contribution in [2.75, 3.05) is 6.61 Å². The monoisotopic (exact) mass is 189 g/mol. The molecule has 1 heteroatoms. The van der Waals surface area contributed by atoms with Crippen molar-refractivity contribution in [1.82, 2.24) is 0 Å². The van der Waals surface area contributed by atoms with Crippen LogP contribution in [0.2, 0.25) is 0 Å². The summed E-state index contributed by atoms with van der Waals surface area (Å²) in [7, 11) is 0. The molecule has 1 saturated carbocycles. The molecule has 2 rings (SSSR count). The Morgan fingerprint density at radius 2 is 1.64 bits per heavy atom. The summed E-state index contributed by atoms with van der Waals surface area (Å²) in [4.78, 5) is 0. The Hall–Kier alpha value is -0.980. The third-order valence-electron chi connectivity index (χ3n) is 2.75. The van der Waals surface area contributed by atoms with Gasteiger partial charge in [0.25, 0.3) is 0 Å². The lowest BCUT2D eigenvalue weighted by Crippen LogP contribution is -2.13. The molecule has 1 aliphatic carbocycles. The summed E-state index contributed by atoms with van der Waals surface area (Å²) in [5.74, 6) is 2.57. The van der Waals surface area contributed by atoms with Gasteiger partial charge in [-0.05, 0) is 25.0 Å². The first-order valence-electron chi connectivity index (χ1n) is 5.46. The van der Waals surface area contributed by atoms with Crippen LogP contribution in [0.1, 0.15) is 32.1 Å². The number of hydrogen-bond acceptors (Lipinski definition) is 1. The lowest BCUT2D eigenvalue weighted by molar-refractivity contribution is 0.302. The minimum Gasteiger partial charge on any atom is -0.493 e. The summed E-state index contributed by atoms with van der Waals surface area (Å²) >= 11 is 0. The molecule has 0 unspecified atom stereocenters. The Kier molecular flexibility index (Phi) is 3.44. The molecule has 0 bridgehead atoms. The van der Waals surface area contributed by atoms with Gasteiger partial charge in [0.2, 0.25) is 0 Å². The second-order valence-corrected chi connectivity index (χ2v) is 3.91. The zero-order valence-electron chi connectivity index (χ0n) is 8.54. The Balaban J connectivity index is 1.76. The van der Waals surface area contributed by atoms with Gasteiger partial charge in [-0.3, -0.25) is 0 Å². The summed E-state index contributed by atoms with van der Waals surface area (Å²) in [5.41, 5.74) is 0. The van der Waals surface area contributed by atoms with Crippen molar-refractivity contribution in [3.63, 3.8) is 0 Å². The maximum absolute atomic E-state index is 5.71. The van der Waals surface area contributed by atoms with Crippen molar-refractivity contribution in [2.24, 2.45) is 0 Å². The maximum atomic E-state index is 5.71. The molecule has 1 aromatic carbocycles. The van der Waals surface area contributed by atoms with Crippen LogP contribution in [-0.4, -0.2) is 6.61 Å². The highest BCUT2D eigenvalue weighted by Crippen LogP contribution is 2.26. The number of hydrogen-bond donors (Lipinski definition) is 0. The molecule has 0 aromatic heterocycles. The second kappa shape index (κ2) is 5.04.